The number of nitrogens with two attached hydrogens (primary N) is 1. The fourth-order valence-electron chi connectivity index (χ4n) is 4.55. The maximum Gasteiger partial charge on any atom is 2.00 e. The van der Waals surface area contributed by atoms with Gasteiger partial charge in [-0.25, -0.2) is 31.8 Å². The van der Waals surface area contributed by atoms with Crippen LogP contribution in [0, 0.1) is 0 Å². The van der Waals surface area contributed by atoms with Crippen molar-refractivity contribution in [3.63, 3.8) is 0 Å². The number of carbonyl (C=O) groups excluding carboxylic acids is 2. The second kappa shape index (κ2) is 22.1. The van der Waals surface area contributed by atoms with E-state index in [9.17, 15) is 46.1 Å². The van der Waals surface area contributed by atoms with Crippen LogP contribution in [0.15, 0.2) is 12.7 Å². The second-order valence-electron chi connectivity index (χ2n) is 11.2. The Morgan fingerprint density at radius 1 is 0.873 bits per heavy atom. The van der Waals surface area contributed by atoms with Crippen molar-refractivity contribution in [2.45, 2.75) is 54.8 Å². The van der Waals surface area contributed by atoms with Crippen LogP contribution in [0.5, 0.6) is 0 Å². The number of hydrogen-bond donors (Lipinski definition) is 7. The number of anilines is 1. The summed E-state index contributed by atoms with van der Waals surface area (Å²) in [6.07, 6.45) is -0.944. The van der Waals surface area contributed by atoms with Gasteiger partial charge in [-0.1, -0.05) is 0 Å². The molecule has 2 amide bonds. The van der Waals surface area contributed by atoms with Gasteiger partial charge in [-0.3, -0.25) is 14.2 Å². The van der Waals surface area contributed by atoms with E-state index in [1.165, 1.54) is 17.2 Å². The summed E-state index contributed by atoms with van der Waals surface area (Å²) < 4.78 is 125. The van der Waals surface area contributed by atoms with Gasteiger partial charge in [0.15, 0.2) is 44.0 Å². The molecule has 0 spiro atoms. The Labute approximate surface area is 322 Å². The van der Waals surface area contributed by atoms with Crippen molar-refractivity contribution in [1.82, 2.24) is 45.7 Å². The Morgan fingerprint density at radius 3 is 1.85 bits per heavy atom. The van der Waals surface area contributed by atoms with Crippen molar-refractivity contribution in [3.05, 3.63) is 12.7 Å². The molecule has 2 saturated heterocycles. The van der Waals surface area contributed by atoms with Crippen LogP contribution in [0.4, 0.5) is 32.2 Å². The molecular formula is C25H38F6N10O11S2Zn. The summed E-state index contributed by atoms with van der Waals surface area (Å²) in [7, 11) is -12.2. The number of aliphatic hydroxyl groups excluding tert-OH is 2. The normalized spacial score (nSPS) is 21.7. The molecule has 4 atom stereocenters. The monoisotopic (exact) mass is 896 g/mol. The Hall–Kier alpha value is -2.93. The van der Waals surface area contributed by atoms with Crippen LogP contribution in [0.25, 0.3) is 11.2 Å². The summed E-state index contributed by atoms with van der Waals surface area (Å²) in [4.78, 5) is 39.4. The van der Waals surface area contributed by atoms with Gasteiger partial charge in [0, 0.05) is 65.3 Å². The number of nitrogens with zero attached hydrogens (tertiary/aromatic N) is 5. The Kier molecular flexibility index (Phi) is 20.2. The van der Waals surface area contributed by atoms with E-state index in [2.05, 4.69) is 36.2 Å². The third-order valence-electron chi connectivity index (χ3n) is 7.27. The largest absolute Gasteiger partial charge is 2.00 e. The molecule has 0 radical (unpaired) electrons. The number of ether oxygens (including phenoxy) is 1. The van der Waals surface area contributed by atoms with Crippen molar-refractivity contribution in [3.8, 4) is 0 Å². The molecule has 2 aromatic heterocycles. The number of amides is 2. The van der Waals surface area contributed by atoms with Gasteiger partial charge in [0.2, 0.25) is 5.91 Å². The molecule has 21 nitrogen and oxygen atoms in total. The first-order valence-corrected chi connectivity index (χ1v) is 18.5. The summed E-state index contributed by atoms with van der Waals surface area (Å²) in [6.45, 7) is 6.63. The molecule has 0 bridgehead atoms. The SMILES string of the molecule is Nc1ncnc2c1ncn2[C@@H]1O[C@H](C(=O)NCCCCC(=O)N2CCNCCNCCNCC2)[C@@H](O)[C@H]1O.O=S(=O)([O-])C(F)(F)F.O=S(=O)([O-])C(F)(F)F.[Zn+2]. The van der Waals surface area contributed by atoms with Crippen molar-refractivity contribution < 1.29 is 96.3 Å². The van der Waals surface area contributed by atoms with E-state index < -0.39 is 61.7 Å². The third kappa shape index (κ3) is 15.9. The van der Waals surface area contributed by atoms with Crippen LogP contribution >= 0.6 is 0 Å². The number of carbonyl (C=O) groups is 2. The minimum Gasteiger partial charge on any atom is -0.741 e. The van der Waals surface area contributed by atoms with Gasteiger partial charge in [0.25, 0.3) is 5.91 Å². The number of aliphatic hydroxyl groups is 2. The molecule has 0 saturated carbocycles. The van der Waals surface area contributed by atoms with E-state index >= 15 is 0 Å². The van der Waals surface area contributed by atoms with Crippen LogP contribution in [0.2, 0.25) is 0 Å². The molecule has 4 heterocycles. The van der Waals surface area contributed by atoms with Crippen LogP contribution in [-0.4, -0.2) is 161 Å². The number of unbranched alkanes of at least 4 members (excludes halogenated alkanes) is 1. The maximum atomic E-state index is 12.7. The summed E-state index contributed by atoms with van der Waals surface area (Å²) in [5.41, 5.74) is -4.83. The van der Waals surface area contributed by atoms with E-state index in [0.29, 0.717) is 50.1 Å². The van der Waals surface area contributed by atoms with E-state index in [1.807, 2.05) is 4.90 Å². The Balaban J connectivity index is 0.000000745. The zero-order chi connectivity index (χ0) is 40.9. The average molecular weight is 898 g/mol. The maximum absolute atomic E-state index is 12.7. The van der Waals surface area contributed by atoms with Crippen LogP contribution < -0.4 is 27.0 Å². The summed E-state index contributed by atoms with van der Waals surface area (Å²) in [5.74, 6) is -0.283. The first kappa shape index (κ1) is 50.1. The van der Waals surface area contributed by atoms with Gasteiger partial charge in [0.1, 0.15) is 24.1 Å². The smallest absolute Gasteiger partial charge is 0.741 e. The van der Waals surface area contributed by atoms with Gasteiger partial charge in [-0.05, 0) is 12.8 Å². The van der Waals surface area contributed by atoms with E-state index in [-0.39, 0.29) is 31.2 Å². The second-order valence-corrected chi connectivity index (χ2v) is 13.9. The van der Waals surface area contributed by atoms with E-state index in [4.69, 9.17) is 36.4 Å². The van der Waals surface area contributed by atoms with Gasteiger partial charge in [0.05, 0.1) is 6.33 Å². The first-order chi connectivity index (χ1) is 25.0. The summed E-state index contributed by atoms with van der Waals surface area (Å²) in [5, 5.41) is 33.8. The predicted molar refractivity (Wildman–Crippen MR) is 169 cm³/mol. The predicted octanol–water partition coefficient (Wildman–Crippen LogP) is -2.97. The van der Waals surface area contributed by atoms with E-state index in [1.54, 1.807) is 0 Å². The molecule has 0 aromatic carbocycles. The fourth-order valence-corrected chi connectivity index (χ4v) is 4.55. The number of nitrogens with one attached hydrogen (secondary N) is 4. The molecule has 2 fully saturated rings. The van der Waals surface area contributed by atoms with Crippen molar-refractivity contribution in [2.24, 2.45) is 0 Å². The minimum atomic E-state index is -6.09. The van der Waals surface area contributed by atoms with Crippen molar-refractivity contribution >= 4 is 49.0 Å². The molecule has 310 valence electrons. The molecule has 2 aromatic rings. The standard InChI is InChI=1S/C23H38N10O5.2CHF3O3S.Zn/c24-20-16-21(30-13-29-20)33(14-31-16)23-18(36)17(35)19(38-23)22(37)28-4-2-1-3-15(34)32-11-9-26-7-5-25-6-8-27-10-12-32;2*2-1(3,4)8(5,6)7;/h13-14,17-19,23,25-27,35-36H,1-12H2,(H,28,37)(H2,24,29,30);2*(H,5,6,7);/q;;;+2/p-2/t17-,18+,19-,23+;;;/m0.../s1. The molecule has 55 heavy (non-hydrogen) atoms. The molecule has 2 aliphatic rings. The number of nitrogen functional groups attached to an aromatic ring is 1. The number of hydrogen-bond acceptors (Lipinski definition) is 18. The quantitative estimate of drug-likeness (QED) is 0.0480. The van der Waals surface area contributed by atoms with Crippen molar-refractivity contribution in [1.29, 1.82) is 0 Å². The Bertz CT molecular complexity index is 1690. The van der Waals surface area contributed by atoms with Gasteiger partial charge in [-0.15, -0.1) is 0 Å². The number of aromatic nitrogens is 4. The molecule has 0 aliphatic carbocycles. The van der Waals surface area contributed by atoms with Crippen LogP contribution in [-0.2, 0) is 54.0 Å². The Morgan fingerprint density at radius 2 is 1.36 bits per heavy atom. The number of imidazole rings is 1. The van der Waals surface area contributed by atoms with Gasteiger partial charge < -0.3 is 56.0 Å². The molecule has 2 aliphatic heterocycles. The molecular weight excluding hydrogens is 860 g/mol. The summed E-state index contributed by atoms with van der Waals surface area (Å²) >= 11 is 0. The zero-order valence-electron chi connectivity index (χ0n) is 28.6. The summed E-state index contributed by atoms with van der Waals surface area (Å²) in [6, 6.07) is 0. The molecule has 8 N–H and O–H groups in total. The molecule has 4 rings (SSSR count). The molecule has 0 unspecified atom stereocenters. The van der Waals surface area contributed by atoms with E-state index in [0.717, 1.165) is 39.3 Å². The topological polar surface area (TPSA) is 319 Å². The van der Waals surface area contributed by atoms with Crippen LogP contribution in [0.3, 0.4) is 0 Å². The number of fused-ring (bicyclic) bond motifs is 1. The van der Waals surface area contributed by atoms with Crippen molar-refractivity contribution in [2.75, 3.05) is 64.6 Å². The minimum absolute atomic E-state index is 0. The van der Waals surface area contributed by atoms with Crippen LogP contribution in [0.1, 0.15) is 25.5 Å². The molecule has 30 heteroatoms. The first-order valence-electron chi connectivity index (χ1n) is 15.6. The average Bonchev–Trinajstić information content (AvgIpc) is 3.61. The van der Waals surface area contributed by atoms with Gasteiger partial charge in [-0.2, -0.15) is 26.3 Å². The number of halogens is 6. The van der Waals surface area contributed by atoms with Gasteiger partial charge >= 0.3 is 30.5 Å². The third-order valence-corrected chi connectivity index (χ3v) is 8.40. The fraction of sp³-hybridized carbons (Fsp3) is 0.720. The number of rotatable bonds is 7. The number of alkyl halides is 6. The zero-order valence-corrected chi connectivity index (χ0v) is 33.2.